The first-order chi connectivity index (χ1) is 14.0. The van der Waals surface area contributed by atoms with Gasteiger partial charge in [-0.1, -0.05) is 17.7 Å². The van der Waals surface area contributed by atoms with Crippen LogP contribution < -0.4 is 0 Å². The zero-order valence-electron chi connectivity index (χ0n) is 15.1. The van der Waals surface area contributed by atoms with E-state index in [4.69, 9.17) is 20.8 Å². The Hall–Kier alpha value is -3.39. The van der Waals surface area contributed by atoms with E-state index in [0.29, 0.717) is 12.1 Å². The maximum Gasteiger partial charge on any atom is 0.341 e. The van der Waals surface area contributed by atoms with E-state index in [0.717, 1.165) is 17.1 Å². The second-order valence-electron chi connectivity index (χ2n) is 6.71. The van der Waals surface area contributed by atoms with Gasteiger partial charge < -0.3 is 14.1 Å². The Morgan fingerprint density at radius 1 is 1.41 bits per heavy atom. The van der Waals surface area contributed by atoms with Crippen LogP contribution in [0.2, 0.25) is 5.02 Å². The standard InChI is InChI=1S/C20H13ClFN3O4/c1-28-20(27)13-6-11(22)5-12-16(21)15(29-18(12)13)9-24-8-10-3-2-4-25-17(10)14(7-23-25)19(24)26/h2-7H,8-9H2,1H3. The Kier molecular flexibility index (Phi) is 3.85. The highest BCUT2D eigenvalue weighted by Crippen LogP contribution is 2.36. The van der Waals surface area contributed by atoms with Gasteiger partial charge in [0.15, 0.2) is 5.58 Å². The number of ether oxygens (including phenoxy) is 1. The molecule has 0 bridgehead atoms. The number of pyridine rings is 1. The van der Waals surface area contributed by atoms with E-state index >= 15 is 0 Å². The Balaban J connectivity index is 1.57. The molecule has 1 aliphatic rings. The predicted octanol–water partition coefficient (Wildman–Crippen LogP) is 3.82. The maximum atomic E-state index is 14.0. The van der Waals surface area contributed by atoms with Gasteiger partial charge in [0.2, 0.25) is 0 Å². The van der Waals surface area contributed by atoms with E-state index in [1.165, 1.54) is 19.4 Å². The average Bonchev–Trinajstić information content (AvgIpc) is 3.28. The molecule has 7 nitrogen and oxygen atoms in total. The summed E-state index contributed by atoms with van der Waals surface area (Å²) in [6, 6.07) is 5.99. The van der Waals surface area contributed by atoms with Crippen molar-refractivity contribution in [1.29, 1.82) is 0 Å². The zero-order valence-corrected chi connectivity index (χ0v) is 15.9. The lowest BCUT2D eigenvalue weighted by molar-refractivity contribution is 0.0599. The van der Waals surface area contributed by atoms with Gasteiger partial charge in [-0.2, -0.15) is 5.10 Å². The summed E-state index contributed by atoms with van der Waals surface area (Å²) >= 11 is 6.41. The number of carbonyl (C=O) groups is 2. The van der Waals surface area contributed by atoms with Crippen molar-refractivity contribution in [3.05, 3.63) is 69.9 Å². The van der Waals surface area contributed by atoms with Gasteiger partial charge in [-0.15, -0.1) is 0 Å². The third-order valence-electron chi connectivity index (χ3n) is 5.00. The van der Waals surface area contributed by atoms with Gasteiger partial charge in [-0.3, -0.25) is 4.79 Å². The van der Waals surface area contributed by atoms with E-state index in [1.54, 1.807) is 15.6 Å². The van der Waals surface area contributed by atoms with Crippen molar-refractivity contribution in [2.45, 2.75) is 13.1 Å². The fourth-order valence-corrected chi connectivity index (χ4v) is 3.93. The third-order valence-corrected chi connectivity index (χ3v) is 5.42. The smallest absolute Gasteiger partial charge is 0.341 e. The topological polar surface area (TPSA) is 77.1 Å². The molecular weight excluding hydrogens is 401 g/mol. The number of carbonyl (C=O) groups excluding carboxylic acids is 2. The molecule has 0 saturated carbocycles. The fourth-order valence-electron chi connectivity index (χ4n) is 3.70. The van der Waals surface area contributed by atoms with Crippen LogP contribution in [-0.4, -0.2) is 33.5 Å². The molecule has 1 aliphatic heterocycles. The molecule has 9 heteroatoms. The van der Waals surface area contributed by atoms with Crippen LogP contribution >= 0.6 is 11.6 Å². The molecule has 0 unspecified atom stereocenters. The predicted molar refractivity (Wildman–Crippen MR) is 101 cm³/mol. The average molecular weight is 414 g/mol. The summed E-state index contributed by atoms with van der Waals surface area (Å²) in [6.45, 7) is 0.397. The summed E-state index contributed by atoms with van der Waals surface area (Å²) in [5, 5.41) is 4.61. The van der Waals surface area contributed by atoms with E-state index < -0.39 is 11.8 Å². The van der Waals surface area contributed by atoms with Gasteiger partial charge in [-0.05, 0) is 23.8 Å². The number of halogens is 2. The summed E-state index contributed by atoms with van der Waals surface area (Å²) in [6.07, 6.45) is 3.31. The Bertz CT molecular complexity index is 1330. The first-order valence-electron chi connectivity index (χ1n) is 8.71. The molecule has 3 aromatic heterocycles. The molecular formula is C20H13ClFN3O4. The van der Waals surface area contributed by atoms with E-state index in [1.807, 2.05) is 12.1 Å². The van der Waals surface area contributed by atoms with Crippen molar-refractivity contribution >= 4 is 40.0 Å². The first kappa shape index (κ1) is 17.7. The van der Waals surface area contributed by atoms with Gasteiger partial charge in [-0.25, -0.2) is 13.7 Å². The quantitative estimate of drug-likeness (QED) is 0.477. The monoisotopic (exact) mass is 413 g/mol. The minimum atomic E-state index is -0.739. The molecule has 0 saturated heterocycles. The summed E-state index contributed by atoms with van der Waals surface area (Å²) < 4.78 is 26.1. The van der Waals surface area contributed by atoms with Crippen molar-refractivity contribution in [2.24, 2.45) is 0 Å². The lowest BCUT2D eigenvalue weighted by atomic mass is 10.1. The lowest BCUT2D eigenvalue weighted by Crippen LogP contribution is -2.33. The van der Waals surface area contributed by atoms with Crippen LogP contribution in [0.15, 0.2) is 41.1 Å². The molecule has 146 valence electrons. The van der Waals surface area contributed by atoms with Crippen LogP contribution in [0, 0.1) is 5.82 Å². The number of rotatable bonds is 3. The molecule has 0 aliphatic carbocycles. The Morgan fingerprint density at radius 2 is 2.24 bits per heavy atom. The molecule has 0 N–H and O–H groups in total. The maximum absolute atomic E-state index is 14.0. The molecule has 1 aromatic carbocycles. The number of amides is 1. The lowest BCUT2D eigenvalue weighted by Gasteiger charge is -2.26. The number of hydrogen-bond donors (Lipinski definition) is 0. The Morgan fingerprint density at radius 3 is 3.03 bits per heavy atom. The first-order valence-corrected chi connectivity index (χ1v) is 9.09. The van der Waals surface area contributed by atoms with Gasteiger partial charge in [0.05, 0.1) is 36.0 Å². The van der Waals surface area contributed by atoms with Crippen molar-refractivity contribution in [2.75, 3.05) is 7.11 Å². The summed E-state index contributed by atoms with van der Waals surface area (Å²) in [7, 11) is 1.20. The van der Waals surface area contributed by atoms with Crippen LogP contribution in [0.4, 0.5) is 4.39 Å². The van der Waals surface area contributed by atoms with Crippen molar-refractivity contribution in [1.82, 2.24) is 14.5 Å². The van der Waals surface area contributed by atoms with Crippen LogP contribution in [0.1, 0.15) is 32.0 Å². The largest absolute Gasteiger partial charge is 0.465 e. The van der Waals surface area contributed by atoms with E-state index in [2.05, 4.69) is 5.10 Å². The Labute approximate surface area is 168 Å². The molecule has 0 atom stereocenters. The second kappa shape index (κ2) is 6.31. The van der Waals surface area contributed by atoms with Gasteiger partial charge >= 0.3 is 5.97 Å². The number of hydrogen-bond acceptors (Lipinski definition) is 5. The molecule has 0 fully saturated rings. The van der Waals surface area contributed by atoms with Gasteiger partial charge in [0.25, 0.3) is 5.91 Å². The molecule has 1 amide bonds. The summed E-state index contributed by atoms with van der Waals surface area (Å²) in [5.41, 5.74) is 2.26. The van der Waals surface area contributed by atoms with Crippen molar-refractivity contribution in [3.63, 3.8) is 0 Å². The third kappa shape index (κ3) is 2.60. The minimum Gasteiger partial charge on any atom is -0.465 e. The molecule has 29 heavy (non-hydrogen) atoms. The highest BCUT2D eigenvalue weighted by molar-refractivity contribution is 6.36. The zero-order chi connectivity index (χ0) is 20.3. The highest BCUT2D eigenvalue weighted by atomic mass is 35.5. The van der Waals surface area contributed by atoms with Gasteiger partial charge in [0, 0.05) is 18.1 Å². The number of benzene rings is 1. The van der Waals surface area contributed by atoms with E-state index in [9.17, 15) is 14.0 Å². The minimum absolute atomic E-state index is 0.0558. The molecule has 4 heterocycles. The van der Waals surface area contributed by atoms with Crippen LogP contribution in [0.5, 0.6) is 0 Å². The molecule has 0 radical (unpaired) electrons. The normalized spacial score (nSPS) is 13.5. The number of esters is 1. The number of aromatic nitrogens is 2. The molecule has 5 rings (SSSR count). The van der Waals surface area contributed by atoms with Gasteiger partial charge in [0.1, 0.15) is 17.1 Å². The molecule has 0 spiro atoms. The van der Waals surface area contributed by atoms with Crippen LogP contribution in [0.3, 0.4) is 0 Å². The van der Waals surface area contributed by atoms with Crippen molar-refractivity contribution < 1.29 is 23.1 Å². The fraction of sp³-hybridized carbons (Fsp3) is 0.150. The highest BCUT2D eigenvalue weighted by Gasteiger charge is 2.30. The number of nitrogens with zero attached hydrogens (tertiary/aromatic N) is 3. The molecule has 4 aromatic rings. The van der Waals surface area contributed by atoms with Crippen LogP contribution in [-0.2, 0) is 17.8 Å². The number of furan rings is 1. The summed E-state index contributed by atoms with van der Waals surface area (Å²) in [4.78, 5) is 26.5. The SMILES string of the molecule is COC(=O)c1cc(F)cc2c(Cl)c(CN3Cc4cccn5ncc(c45)C3=O)oc12. The van der Waals surface area contributed by atoms with Crippen molar-refractivity contribution in [3.8, 4) is 0 Å². The number of methoxy groups -OCH3 is 1. The van der Waals surface area contributed by atoms with E-state index in [-0.39, 0.29) is 39.8 Å². The van der Waals surface area contributed by atoms with Crippen LogP contribution in [0.25, 0.3) is 16.5 Å². The number of fused-ring (bicyclic) bond motifs is 1. The summed E-state index contributed by atoms with van der Waals surface area (Å²) in [5.74, 6) is -1.34. The second-order valence-corrected chi connectivity index (χ2v) is 7.08.